The van der Waals surface area contributed by atoms with Crippen molar-refractivity contribution in [2.75, 3.05) is 13.1 Å². The number of rotatable bonds is 2. The fraction of sp³-hybridized carbons (Fsp3) is 0.591. The Balaban J connectivity index is 1.54. The molecule has 3 aliphatic carbocycles. The SMILES string of the molecule is O=C1NC(=O)[C@@]2(CC[C@@]3(O)[C@H]4C(=O)c5ccc(O)cc5[C@@]3(CCN4CC3CC3)C2)N1. The number of piperidine rings is 1. The Morgan fingerprint density at radius 2 is 1.93 bits per heavy atom. The number of aromatic hydroxyl groups is 1. The number of hydrogen-bond acceptors (Lipinski definition) is 6. The fourth-order valence-corrected chi connectivity index (χ4v) is 6.66. The lowest BCUT2D eigenvalue weighted by Gasteiger charge is -2.64. The molecule has 4 N–H and O–H groups in total. The van der Waals surface area contributed by atoms with Gasteiger partial charge in [-0.1, -0.05) is 0 Å². The van der Waals surface area contributed by atoms with Gasteiger partial charge in [-0.05, 0) is 74.8 Å². The molecule has 4 fully saturated rings. The predicted octanol–water partition coefficient (Wildman–Crippen LogP) is 0.804. The molecule has 1 aromatic rings. The second-order valence-corrected chi connectivity index (χ2v) is 9.86. The number of nitrogens with one attached hydrogen (secondary N) is 2. The van der Waals surface area contributed by atoms with Gasteiger partial charge in [-0.3, -0.25) is 19.8 Å². The summed E-state index contributed by atoms with van der Waals surface area (Å²) < 4.78 is 0. The molecule has 3 amide bonds. The molecular weight excluding hydrogens is 386 g/mol. The number of fused-ring (bicyclic) bond motifs is 1. The van der Waals surface area contributed by atoms with Gasteiger partial charge in [-0.25, -0.2) is 4.79 Å². The minimum Gasteiger partial charge on any atom is -0.508 e. The van der Waals surface area contributed by atoms with Crippen molar-refractivity contribution in [3.8, 4) is 5.75 Å². The predicted molar refractivity (Wildman–Crippen MR) is 105 cm³/mol. The van der Waals surface area contributed by atoms with E-state index in [2.05, 4.69) is 15.5 Å². The molecule has 1 spiro atoms. The molecule has 30 heavy (non-hydrogen) atoms. The summed E-state index contributed by atoms with van der Waals surface area (Å²) in [5.74, 6) is 0.112. The van der Waals surface area contributed by atoms with Gasteiger partial charge in [0, 0.05) is 17.5 Å². The van der Waals surface area contributed by atoms with Crippen molar-refractivity contribution >= 4 is 17.7 Å². The van der Waals surface area contributed by atoms with Crippen LogP contribution in [0.3, 0.4) is 0 Å². The molecule has 1 aromatic carbocycles. The Kier molecular flexibility index (Phi) is 3.43. The molecule has 2 bridgehead atoms. The number of nitrogens with zero attached hydrogens (tertiary/aromatic N) is 1. The van der Waals surface area contributed by atoms with Crippen LogP contribution in [-0.4, -0.2) is 63.1 Å². The molecule has 0 unspecified atom stereocenters. The topological polar surface area (TPSA) is 119 Å². The van der Waals surface area contributed by atoms with E-state index in [1.807, 2.05) is 0 Å². The number of carbonyl (C=O) groups excluding carboxylic acids is 3. The number of likely N-dealkylation sites (tertiary alicyclic amines) is 1. The molecule has 5 aliphatic rings. The van der Waals surface area contributed by atoms with Crippen molar-refractivity contribution in [2.45, 2.75) is 61.1 Å². The molecule has 8 heteroatoms. The minimum atomic E-state index is -1.35. The third kappa shape index (κ3) is 2.15. The van der Waals surface area contributed by atoms with E-state index < -0.39 is 28.6 Å². The lowest BCUT2D eigenvalue weighted by atomic mass is 9.46. The lowest BCUT2D eigenvalue weighted by Crippen LogP contribution is -2.77. The van der Waals surface area contributed by atoms with E-state index in [-0.39, 0.29) is 36.7 Å². The molecular formula is C22H25N3O5. The van der Waals surface area contributed by atoms with Crippen LogP contribution in [0.25, 0.3) is 0 Å². The number of amides is 3. The molecule has 6 rings (SSSR count). The number of aliphatic hydroxyl groups is 1. The Morgan fingerprint density at radius 3 is 2.63 bits per heavy atom. The van der Waals surface area contributed by atoms with Crippen LogP contribution in [0.15, 0.2) is 18.2 Å². The quantitative estimate of drug-likeness (QED) is 0.535. The van der Waals surface area contributed by atoms with Crippen molar-refractivity contribution < 1.29 is 24.6 Å². The van der Waals surface area contributed by atoms with Gasteiger partial charge in [0.25, 0.3) is 5.91 Å². The largest absolute Gasteiger partial charge is 0.508 e. The summed E-state index contributed by atoms with van der Waals surface area (Å²) >= 11 is 0. The fourth-order valence-electron chi connectivity index (χ4n) is 6.66. The lowest BCUT2D eigenvalue weighted by molar-refractivity contribution is -0.167. The van der Waals surface area contributed by atoms with Crippen molar-refractivity contribution in [1.29, 1.82) is 0 Å². The monoisotopic (exact) mass is 411 g/mol. The summed E-state index contributed by atoms with van der Waals surface area (Å²) in [5, 5.41) is 27.6. The molecule has 2 saturated heterocycles. The number of hydrogen-bond donors (Lipinski definition) is 4. The first-order valence-electron chi connectivity index (χ1n) is 10.8. The van der Waals surface area contributed by atoms with Crippen molar-refractivity contribution in [1.82, 2.24) is 15.5 Å². The van der Waals surface area contributed by atoms with Crippen LogP contribution in [0, 0.1) is 5.92 Å². The van der Waals surface area contributed by atoms with Gasteiger partial charge in [-0.2, -0.15) is 0 Å². The van der Waals surface area contributed by atoms with Crippen LogP contribution in [0.4, 0.5) is 4.79 Å². The van der Waals surface area contributed by atoms with Gasteiger partial charge in [0.15, 0.2) is 5.78 Å². The normalized spacial score (nSPS) is 40.0. The summed E-state index contributed by atoms with van der Waals surface area (Å²) in [5.41, 5.74) is -2.24. The van der Waals surface area contributed by atoms with Crippen LogP contribution >= 0.6 is 0 Å². The Bertz CT molecular complexity index is 1010. The zero-order chi connectivity index (χ0) is 20.9. The first-order chi connectivity index (χ1) is 14.3. The van der Waals surface area contributed by atoms with Crippen molar-refractivity contribution in [2.24, 2.45) is 5.92 Å². The molecule has 2 saturated carbocycles. The number of phenolic OH excluding ortho intramolecular Hbond substituents is 1. The standard InChI is InChI=1S/C22H25N3O5/c26-13-3-4-14-15(9-13)20-7-8-25(10-12-1-2-12)17(16(14)27)22(20,30)6-5-21(11-20)18(28)23-19(29)24-21/h3-4,9,12,17,26,30H,1-2,5-8,10-11H2,(H2,23,24,28,29)/t17-,20-,21+,22-/m1/s1. The number of benzene rings is 1. The Hall–Kier alpha value is -2.45. The van der Waals surface area contributed by atoms with Crippen LogP contribution in [0.5, 0.6) is 5.75 Å². The molecule has 0 radical (unpaired) electrons. The molecule has 158 valence electrons. The summed E-state index contributed by atoms with van der Waals surface area (Å²) in [6.45, 7) is 1.43. The van der Waals surface area contributed by atoms with Gasteiger partial charge in [-0.15, -0.1) is 0 Å². The molecule has 0 aromatic heterocycles. The second kappa shape index (κ2) is 5.62. The zero-order valence-electron chi connectivity index (χ0n) is 16.6. The number of Topliss-reactive ketones (excluding diaryl/α,β-unsaturated/α-hetero) is 1. The third-order valence-electron chi connectivity index (χ3n) is 8.25. The molecule has 4 atom stereocenters. The Labute approximate surface area is 173 Å². The number of urea groups is 1. The molecule has 8 nitrogen and oxygen atoms in total. The second-order valence-electron chi connectivity index (χ2n) is 9.86. The highest BCUT2D eigenvalue weighted by molar-refractivity contribution is 6.08. The smallest absolute Gasteiger partial charge is 0.322 e. The van der Waals surface area contributed by atoms with Crippen LogP contribution in [0.2, 0.25) is 0 Å². The highest BCUT2D eigenvalue weighted by Crippen LogP contribution is 2.61. The van der Waals surface area contributed by atoms with Crippen LogP contribution in [-0.2, 0) is 10.2 Å². The number of carbonyl (C=O) groups is 3. The highest BCUT2D eigenvalue weighted by atomic mass is 16.3. The van der Waals surface area contributed by atoms with Gasteiger partial charge in [0.2, 0.25) is 0 Å². The average molecular weight is 411 g/mol. The van der Waals surface area contributed by atoms with Crippen LogP contribution < -0.4 is 10.6 Å². The highest BCUT2D eigenvalue weighted by Gasteiger charge is 2.71. The zero-order valence-corrected chi connectivity index (χ0v) is 16.6. The van der Waals surface area contributed by atoms with E-state index in [9.17, 15) is 24.6 Å². The first-order valence-corrected chi connectivity index (χ1v) is 10.8. The van der Waals surface area contributed by atoms with E-state index in [1.54, 1.807) is 12.1 Å². The van der Waals surface area contributed by atoms with Crippen molar-refractivity contribution in [3.05, 3.63) is 29.3 Å². The summed E-state index contributed by atoms with van der Waals surface area (Å²) in [7, 11) is 0. The van der Waals surface area contributed by atoms with Crippen LogP contribution in [0.1, 0.15) is 54.4 Å². The molecule has 2 heterocycles. The molecule has 2 aliphatic heterocycles. The average Bonchev–Trinajstić information content (AvgIpc) is 3.46. The maximum Gasteiger partial charge on any atom is 0.322 e. The third-order valence-corrected chi connectivity index (χ3v) is 8.25. The van der Waals surface area contributed by atoms with Gasteiger partial charge in [0.1, 0.15) is 17.3 Å². The summed E-state index contributed by atoms with van der Waals surface area (Å²) in [4.78, 5) is 40.5. The van der Waals surface area contributed by atoms with E-state index >= 15 is 0 Å². The minimum absolute atomic E-state index is 0.0247. The Morgan fingerprint density at radius 1 is 1.13 bits per heavy atom. The van der Waals surface area contributed by atoms with E-state index in [0.717, 1.165) is 19.4 Å². The number of ketones is 1. The van der Waals surface area contributed by atoms with Crippen molar-refractivity contribution in [3.63, 3.8) is 0 Å². The number of imide groups is 1. The van der Waals surface area contributed by atoms with E-state index in [0.29, 0.717) is 30.0 Å². The van der Waals surface area contributed by atoms with E-state index in [1.165, 1.54) is 6.07 Å². The van der Waals surface area contributed by atoms with E-state index in [4.69, 9.17) is 0 Å². The summed E-state index contributed by atoms with van der Waals surface area (Å²) in [6.07, 6.45) is 3.58. The maximum absolute atomic E-state index is 13.6. The first kappa shape index (κ1) is 18.3. The van der Waals surface area contributed by atoms with Gasteiger partial charge in [0.05, 0.1) is 5.60 Å². The number of phenols is 1. The summed E-state index contributed by atoms with van der Waals surface area (Å²) in [6, 6.07) is 3.52. The van der Waals surface area contributed by atoms with Gasteiger partial charge < -0.3 is 15.5 Å². The van der Waals surface area contributed by atoms with Gasteiger partial charge >= 0.3 is 6.03 Å². The maximum atomic E-state index is 13.6.